The number of hydrogen-bond acceptors (Lipinski definition) is 5. The highest BCUT2D eigenvalue weighted by atomic mass is 32.2. The molecule has 1 aromatic heterocycles. The van der Waals surface area contributed by atoms with Gasteiger partial charge >= 0.3 is 0 Å². The normalized spacial score (nSPS) is 15.4. The largest absolute Gasteiger partial charge is 0.295 e. The third-order valence-electron chi connectivity index (χ3n) is 1.87. The summed E-state index contributed by atoms with van der Waals surface area (Å²) in [5.74, 6) is 0. The number of rotatable bonds is 3. The quantitative estimate of drug-likeness (QED) is 0.812. The van der Waals surface area contributed by atoms with Crippen molar-refractivity contribution in [3.8, 4) is 0 Å². The standard InChI is InChI=1S/C9H10N4O2S/c14-16(15,9-3-1-2-4-11-9)12-13-7-5-10-6-8-13/h1-7,12H,8H2. The number of hydrazine groups is 1. The molecule has 0 atom stereocenters. The number of nitrogens with zero attached hydrogens (tertiary/aromatic N) is 3. The van der Waals surface area contributed by atoms with E-state index >= 15 is 0 Å². The molecule has 2 heterocycles. The first-order valence-corrected chi connectivity index (χ1v) is 6.05. The van der Waals surface area contributed by atoms with Crippen LogP contribution in [-0.2, 0) is 10.0 Å². The van der Waals surface area contributed by atoms with Crippen molar-refractivity contribution in [2.45, 2.75) is 5.03 Å². The molecule has 0 bridgehead atoms. The Morgan fingerprint density at radius 2 is 2.25 bits per heavy atom. The van der Waals surface area contributed by atoms with E-state index in [1.165, 1.54) is 23.5 Å². The second-order valence-corrected chi connectivity index (χ2v) is 4.65. The zero-order chi connectivity index (χ0) is 11.4. The summed E-state index contributed by atoms with van der Waals surface area (Å²) in [6.45, 7) is 0.391. The number of sulfonamides is 1. The van der Waals surface area contributed by atoms with Crippen molar-refractivity contribution in [1.29, 1.82) is 0 Å². The lowest BCUT2D eigenvalue weighted by molar-refractivity contribution is 0.378. The lowest BCUT2D eigenvalue weighted by Crippen LogP contribution is -2.40. The van der Waals surface area contributed by atoms with Gasteiger partial charge in [-0.05, 0) is 12.1 Å². The molecule has 1 aliphatic rings. The van der Waals surface area contributed by atoms with E-state index in [1.54, 1.807) is 24.5 Å². The summed E-state index contributed by atoms with van der Waals surface area (Å²) in [5, 5.41) is 1.41. The molecule has 0 aromatic carbocycles. The third kappa shape index (κ3) is 2.44. The van der Waals surface area contributed by atoms with Crippen molar-refractivity contribution in [3.05, 3.63) is 36.8 Å². The van der Waals surface area contributed by atoms with Crippen LogP contribution in [0.1, 0.15) is 0 Å². The number of aliphatic imine (C=N–C) groups is 1. The molecule has 0 aliphatic carbocycles. The lowest BCUT2D eigenvalue weighted by atomic mass is 10.5. The van der Waals surface area contributed by atoms with Gasteiger partial charge in [0.05, 0.1) is 6.54 Å². The first-order valence-electron chi connectivity index (χ1n) is 4.57. The van der Waals surface area contributed by atoms with Crippen LogP contribution in [0, 0.1) is 0 Å². The molecule has 1 aliphatic heterocycles. The topological polar surface area (TPSA) is 74.7 Å². The van der Waals surface area contributed by atoms with Gasteiger partial charge < -0.3 is 0 Å². The van der Waals surface area contributed by atoms with Crippen LogP contribution in [-0.4, -0.2) is 31.2 Å². The lowest BCUT2D eigenvalue weighted by Gasteiger charge is -2.20. The number of pyridine rings is 1. The van der Waals surface area contributed by atoms with Crippen LogP contribution in [0.25, 0.3) is 0 Å². The molecule has 0 unspecified atom stereocenters. The summed E-state index contributed by atoms with van der Waals surface area (Å²) in [6, 6.07) is 4.71. The van der Waals surface area contributed by atoms with Crippen molar-refractivity contribution < 1.29 is 8.42 Å². The zero-order valence-corrected chi connectivity index (χ0v) is 9.13. The maximum absolute atomic E-state index is 11.8. The second-order valence-electron chi connectivity index (χ2n) is 3.04. The van der Waals surface area contributed by atoms with Gasteiger partial charge in [0, 0.05) is 24.8 Å². The highest BCUT2D eigenvalue weighted by molar-refractivity contribution is 7.89. The zero-order valence-electron chi connectivity index (χ0n) is 8.31. The van der Waals surface area contributed by atoms with E-state index in [-0.39, 0.29) is 5.03 Å². The number of aromatic nitrogens is 1. The van der Waals surface area contributed by atoms with Crippen LogP contribution in [0.4, 0.5) is 0 Å². The van der Waals surface area contributed by atoms with Crippen molar-refractivity contribution in [2.24, 2.45) is 4.99 Å². The van der Waals surface area contributed by atoms with Crippen LogP contribution in [0.2, 0.25) is 0 Å². The van der Waals surface area contributed by atoms with E-state index in [0.29, 0.717) is 6.54 Å². The molecule has 0 saturated carbocycles. The maximum atomic E-state index is 11.8. The van der Waals surface area contributed by atoms with E-state index in [9.17, 15) is 8.42 Å². The van der Waals surface area contributed by atoms with E-state index in [4.69, 9.17) is 0 Å². The Balaban J connectivity index is 2.15. The molecule has 16 heavy (non-hydrogen) atoms. The van der Waals surface area contributed by atoms with Crippen molar-refractivity contribution in [1.82, 2.24) is 14.8 Å². The first-order chi connectivity index (χ1) is 7.68. The fourth-order valence-electron chi connectivity index (χ4n) is 1.15. The predicted octanol–water partition coefficient (Wildman–Crippen LogP) is 0.132. The minimum Gasteiger partial charge on any atom is -0.295 e. The summed E-state index contributed by atoms with van der Waals surface area (Å²) in [4.78, 5) is 9.99. The summed E-state index contributed by atoms with van der Waals surface area (Å²) in [7, 11) is -3.61. The van der Waals surface area contributed by atoms with Crippen molar-refractivity contribution in [2.75, 3.05) is 6.54 Å². The Kier molecular flexibility index (Phi) is 2.97. The average molecular weight is 238 g/mol. The predicted molar refractivity (Wildman–Crippen MR) is 58.9 cm³/mol. The molecule has 0 spiro atoms. The summed E-state index contributed by atoms with van der Waals surface area (Å²) in [5.41, 5.74) is 0. The Morgan fingerprint density at radius 1 is 1.38 bits per heavy atom. The molecule has 0 fully saturated rings. The molecule has 84 valence electrons. The van der Waals surface area contributed by atoms with E-state index in [2.05, 4.69) is 14.8 Å². The minimum absolute atomic E-state index is 0.00841. The molecule has 7 heteroatoms. The molecule has 1 aromatic rings. The van der Waals surface area contributed by atoms with Gasteiger partial charge in [0.25, 0.3) is 10.0 Å². The summed E-state index contributed by atoms with van der Waals surface area (Å²) in [6.07, 6.45) is 6.08. The smallest absolute Gasteiger partial charge is 0.274 e. The highest BCUT2D eigenvalue weighted by Gasteiger charge is 2.17. The fourth-order valence-corrected chi connectivity index (χ4v) is 2.15. The maximum Gasteiger partial charge on any atom is 0.274 e. The van der Waals surface area contributed by atoms with Crippen LogP contribution < -0.4 is 4.83 Å². The van der Waals surface area contributed by atoms with Gasteiger partial charge in [-0.1, -0.05) is 6.07 Å². The second kappa shape index (κ2) is 4.42. The van der Waals surface area contributed by atoms with Gasteiger partial charge in [0.1, 0.15) is 0 Å². The monoisotopic (exact) mass is 238 g/mol. The Morgan fingerprint density at radius 3 is 2.88 bits per heavy atom. The first kappa shape index (κ1) is 10.8. The SMILES string of the molecule is O=S(=O)(NN1C=CN=CC1)c1ccccn1. The molecule has 0 saturated heterocycles. The molecular weight excluding hydrogens is 228 g/mol. The van der Waals surface area contributed by atoms with Crippen LogP contribution in [0.5, 0.6) is 0 Å². The molecule has 2 rings (SSSR count). The van der Waals surface area contributed by atoms with Gasteiger partial charge in [0.2, 0.25) is 0 Å². The molecular formula is C9H10N4O2S. The van der Waals surface area contributed by atoms with E-state index < -0.39 is 10.0 Å². The molecule has 0 radical (unpaired) electrons. The minimum atomic E-state index is -3.61. The van der Waals surface area contributed by atoms with E-state index in [1.807, 2.05) is 0 Å². The fraction of sp³-hybridized carbons (Fsp3) is 0.111. The Hall–Kier alpha value is -1.73. The van der Waals surface area contributed by atoms with Crippen molar-refractivity contribution >= 4 is 16.2 Å². The molecule has 1 N–H and O–H groups in total. The average Bonchev–Trinajstić information content (AvgIpc) is 2.31. The number of nitrogens with one attached hydrogen (secondary N) is 1. The third-order valence-corrected chi connectivity index (χ3v) is 3.13. The Bertz CT molecular complexity index is 510. The molecule has 6 nitrogen and oxygen atoms in total. The van der Waals surface area contributed by atoms with Crippen LogP contribution in [0.3, 0.4) is 0 Å². The van der Waals surface area contributed by atoms with Crippen molar-refractivity contribution in [3.63, 3.8) is 0 Å². The Labute approximate surface area is 93.4 Å². The van der Waals surface area contributed by atoms with Gasteiger partial charge in [-0.15, -0.1) is 4.83 Å². The summed E-state index contributed by atoms with van der Waals surface area (Å²) < 4.78 is 23.6. The summed E-state index contributed by atoms with van der Waals surface area (Å²) >= 11 is 0. The van der Waals surface area contributed by atoms with Gasteiger partial charge in [0.15, 0.2) is 5.03 Å². The molecule has 0 amide bonds. The van der Waals surface area contributed by atoms with Gasteiger partial charge in [-0.25, -0.2) is 13.4 Å². The van der Waals surface area contributed by atoms with E-state index in [0.717, 1.165) is 0 Å². The van der Waals surface area contributed by atoms with Gasteiger partial charge in [-0.3, -0.25) is 10.0 Å². The highest BCUT2D eigenvalue weighted by Crippen LogP contribution is 2.04. The van der Waals surface area contributed by atoms with Gasteiger partial charge in [-0.2, -0.15) is 0 Å². The van der Waals surface area contributed by atoms with Crippen LogP contribution in [0.15, 0.2) is 46.8 Å². The van der Waals surface area contributed by atoms with Crippen LogP contribution >= 0.6 is 0 Å². The number of hydrogen-bond donors (Lipinski definition) is 1.